The molecule has 0 saturated carbocycles. The highest BCUT2D eigenvalue weighted by atomic mass is 32.1. The van der Waals surface area contributed by atoms with Crippen LogP contribution in [0.1, 0.15) is 26.8 Å². The van der Waals surface area contributed by atoms with Crippen molar-refractivity contribution < 1.29 is 18.0 Å². The van der Waals surface area contributed by atoms with E-state index in [1.165, 1.54) is 12.1 Å². The fourth-order valence-electron chi connectivity index (χ4n) is 2.92. The minimum absolute atomic E-state index is 0.230. The van der Waals surface area contributed by atoms with Crippen LogP contribution in [0, 0.1) is 12.7 Å². The van der Waals surface area contributed by atoms with Crippen molar-refractivity contribution in [2.45, 2.75) is 20.0 Å². The molecule has 0 N–H and O–H groups in total. The third kappa shape index (κ3) is 3.15. The Morgan fingerprint density at radius 3 is 2.81 bits per heavy atom. The number of furan rings is 2. The zero-order valence-corrected chi connectivity index (χ0v) is 14.9. The van der Waals surface area contributed by atoms with Gasteiger partial charge in [0.1, 0.15) is 17.2 Å². The van der Waals surface area contributed by atoms with Gasteiger partial charge in [0.2, 0.25) is 0 Å². The lowest BCUT2D eigenvalue weighted by Gasteiger charge is -2.20. The Labute approximate surface area is 153 Å². The number of amides is 1. The highest BCUT2D eigenvalue weighted by Crippen LogP contribution is 2.28. The first-order valence-electron chi connectivity index (χ1n) is 8.14. The summed E-state index contributed by atoms with van der Waals surface area (Å²) < 4.78 is 24.7. The second kappa shape index (κ2) is 6.80. The van der Waals surface area contributed by atoms with Crippen LogP contribution in [-0.2, 0) is 13.1 Å². The summed E-state index contributed by atoms with van der Waals surface area (Å²) in [6, 6.07) is 11.8. The molecule has 6 heteroatoms. The molecule has 4 aromatic rings. The number of rotatable bonds is 5. The van der Waals surface area contributed by atoms with Crippen molar-refractivity contribution in [3.63, 3.8) is 0 Å². The highest BCUT2D eigenvalue weighted by molar-refractivity contribution is 7.09. The lowest BCUT2D eigenvalue weighted by atomic mass is 10.1. The van der Waals surface area contributed by atoms with Crippen molar-refractivity contribution in [1.29, 1.82) is 0 Å². The quantitative estimate of drug-likeness (QED) is 0.475. The molecule has 3 aromatic heterocycles. The molecule has 0 aliphatic heterocycles. The number of hydrogen-bond donors (Lipinski definition) is 0. The summed E-state index contributed by atoms with van der Waals surface area (Å²) in [4.78, 5) is 15.9. The predicted molar refractivity (Wildman–Crippen MR) is 97.5 cm³/mol. The molecule has 0 unspecified atom stereocenters. The van der Waals surface area contributed by atoms with Gasteiger partial charge in [0.25, 0.3) is 5.91 Å². The molecule has 0 aliphatic rings. The lowest BCUT2D eigenvalue weighted by Crippen LogP contribution is -2.29. The zero-order valence-electron chi connectivity index (χ0n) is 14.1. The van der Waals surface area contributed by atoms with Crippen LogP contribution in [0.3, 0.4) is 0 Å². The molecule has 0 atom stereocenters. The predicted octanol–water partition coefficient (Wildman–Crippen LogP) is 5.38. The molecule has 0 saturated heterocycles. The monoisotopic (exact) mass is 369 g/mol. The van der Waals surface area contributed by atoms with Gasteiger partial charge in [-0.1, -0.05) is 6.07 Å². The fraction of sp³-hybridized carbons (Fsp3) is 0.150. The van der Waals surface area contributed by atoms with E-state index in [1.54, 1.807) is 41.6 Å². The van der Waals surface area contributed by atoms with Crippen LogP contribution < -0.4 is 0 Å². The van der Waals surface area contributed by atoms with Crippen LogP contribution in [-0.4, -0.2) is 10.8 Å². The van der Waals surface area contributed by atoms with E-state index in [1.807, 2.05) is 23.6 Å². The zero-order chi connectivity index (χ0) is 18.1. The first kappa shape index (κ1) is 16.6. The maximum Gasteiger partial charge on any atom is 0.290 e. The minimum Gasteiger partial charge on any atom is -0.467 e. The Morgan fingerprint density at radius 2 is 2.08 bits per heavy atom. The third-order valence-electron chi connectivity index (χ3n) is 4.23. The van der Waals surface area contributed by atoms with Crippen LogP contribution in [0.4, 0.5) is 4.39 Å². The highest BCUT2D eigenvalue weighted by Gasteiger charge is 2.25. The molecule has 4 nitrogen and oxygen atoms in total. The molecule has 0 spiro atoms. The van der Waals surface area contributed by atoms with Crippen LogP contribution in [0.15, 0.2) is 62.9 Å². The summed E-state index contributed by atoms with van der Waals surface area (Å²) in [5.41, 5.74) is 1.14. The number of nitrogens with zero attached hydrogens (tertiary/aromatic N) is 1. The number of carbonyl (C=O) groups excluding carboxylic acids is 1. The molecule has 4 rings (SSSR count). The average molecular weight is 369 g/mol. The van der Waals surface area contributed by atoms with Gasteiger partial charge >= 0.3 is 0 Å². The summed E-state index contributed by atoms with van der Waals surface area (Å²) in [5.74, 6) is 0.318. The molecule has 0 fully saturated rings. The fourth-order valence-corrected chi connectivity index (χ4v) is 3.64. The topological polar surface area (TPSA) is 46.6 Å². The minimum atomic E-state index is -0.355. The van der Waals surface area contributed by atoms with Crippen molar-refractivity contribution in [1.82, 2.24) is 4.90 Å². The van der Waals surface area contributed by atoms with E-state index in [9.17, 15) is 9.18 Å². The Bertz CT molecular complexity index is 999. The Kier molecular flexibility index (Phi) is 4.34. The van der Waals surface area contributed by atoms with Crippen LogP contribution in [0.25, 0.3) is 11.0 Å². The summed E-state index contributed by atoms with van der Waals surface area (Å²) in [5, 5.41) is 2.59. The molecule has 0 aliphatic carbocycles. The number of thiophene rings is 1. The van der Waals surface area contributed by atoms with Gasteiger partial charge in [-0.15, -0.1) is 11.3 Å². The summed E-state index contributed by atoms with van der Waals surface area (Å²) in [7, 11) is 0. The summed E-state index contributed by atoms with van der Waals surface area (Å²) in [6.07, 6.45) is 1.58. The van der Waals surface area contributed by atoms with Crippen LogP contribution >= 0.6 is 11.3 Å². The van der Waals surface area contributed by atoms with Gasteiger partial charge in [0, 0.05) is 15.8 Å². The van der Waals surface area contributed by atoms with Gasteiger partial charge in [-0.25, -0.2) is 4.39 Å². The standard InChI is InChI=1S/C20H16FNO3S/c1-13-17-10-14(21)6-7-18(17)25-19(13)20(23)22(11-15-4-2-8-24-15)12-16-5-3-9-26-16/h2-10H,11-12H2,1H3. The van der Waals surface area contributed by atoms with Crippen LogP contribution in [0.5, 0.6) is 0 Å². The van der Waals surface area contributed by atoms with E-state index in [4.69, 9.17) is 8.83 Å². The Balaban J connectivity index is 1.70. The van der Waals surface area contributed by atoms with Crippen LogP contribution in [0.2, 0.25) is 0 Å². The van der Waals surface area contributed by atoms with E-state index in [0.717, 1.165) is 4.88 Å². The van der Waals surface area contributed by atoms with Crippen molar-refractivity contribution >= 4 is 28.2 Å². The lowest BCUT2D eigenvalue weighted by molar-refractivity contribution is 0.0688. The largest absolute Gasteiger partial charge is 0.467 e. The molecule has 0 radical (unpaired) electrons. The smallest absolute Gasteiger partial charge is 0.290 e. The van der Waals surface area contributed by atoms with Gasteiger partial charge in [0.05, 0.1) is 19.4 Å². The van der Waals surface area contributed by atoms with Gasteiger partial charge in [0.15, 0.2) is 5.76 Å². The summed E-state index contributed by atoms with van der Waals surface area (Å²) in [6.45, 7) is 2.55. The first-order chi connectivity index (χ1) is 12.6. The third-order valence-corrected chi connectivity index (χ3v) is 5.09. The van der Waals surface area contributed by atoms with Crippen molar-refractivity contribution in [3.8, 4) is 0 Å². The number of halogens is 1. The normalized spacial score (nSPS) is 11.2. The molecule has 1 amide bonds. The molecule has 1 aromatic carbocycles. The van der Waals surface area contributed by atoms with E-state index < -0.39 is 0 Å². The number of benzene rings is 1. The molecule has 0 bridgehead atoms. The molecule has 26 heavy (non-hydrogen) atoms. The second-order valence-corrected chi connectivity index (χ2v) is 7.05. The average Bonchev–Trinajstić information content (AvgIpc) is 3.37. The molecule has 132 valence electrons. The number of carbonyl (C=O) groups is 1. The second-order valence-electron chi connectivity index (χ2n) is 6.02. The maximum absolute atomic E-state index is 13.5. The van der Waals surface area contributed by atoms with Gasteiger partial charge in [-0.3, -0.25) is 4.79 Å². The Hall–Kier alpha value is -2.86. The van der Waals surface area contributed by atoms with Gasteiger partial charge < -0.3 is 13.7 Å². The number of hydrogen-bond acceptors (Lipinski definition) is 4. The molecular weight excluding hydrogens is 353 g/mol. The number of aryl methyl sites for hydroxylation is 1. The van der Waals surface area contributed by atoms with E-state index >= 15 is 0 Å². The van der Waals surface area contributed by atoms with Gasteiger partial charge in [-0.2, -0.15) is 0 Å². The maximum atomic E-state index is 13.5. The number of fused-ring (bicyclic) bond motifs is 1. The summed E-state index contributed by atoms with van der Waals surface area (Å²) >= 11 is 1.58. The Morgan fingerprint density at radius 1 is 1.19 bits per heavy atom. The van der Waals surface area contributed by atoms with E-state index in [0.29, 0.717) is 35.4 Å². The van der Waals surface area contributed by atoms with Crippen molar-refractivity contribution in [3.05, 3.63) is 81.9 Å². The molecule has 3 heterocycles. The van der Waals surface area contributed by atoms with Gasteiger partial charge in [-0.05, 0) is 48.7 Å². The molecular formula is C20H16FNO3S. The van der Waals surface area contributed by atoms with Crippen molar-refractivity contribution in [2.75, 3.05) is 0 Å². The van der Waals surface area contributed by atoms with Crippen molar-refractivity contribution in [2.24, 2.45) is 0 Å². The first-order valence-corrected chi connectivity index (χ1v) is 9.02. The van der Waals surface area contributed by atoms with E-state index in [2.05, 4.69) is 0 Å². The SMILES string of the molecule is Cc1c(C(=O)N(Cc2ccco2)Cc2cccs2)oc2ccc(F)cc12. The van der Waals surface area contributed by atoms with E-state index in [-0.39, 0.29) is 17.5 Å².